The van der Waals surface area contributed by atoms with Crippen molar-refractivity contribution in [3.63, 3.8) is 0 Å². The molecule has 2 rings (SSSR count). The minimum absolute atomic E-state index is 0.0150. The molecule has 1 fully saturated rings. The number of carbonyl (C=O) groups is 1. The average molecular weight is 402 g/mol. The normalized spacial score (nSPS) is 17.0. The van der Waals surface area contributed by atoms with Crippen molar-refractivity contribution in [2.75, 3.05) is 26.2 Å². The number of nitrogens with zero attached hydrogens (tertiary/aromatic N) is 2. The molecule has 1 amide bonds. The van der Waals surface area contributed by atoms with Crippen LogP contribution in [0.5, 0.6) is 0 Å². The van der Waals surface area contributed by atoms with E-state index in [0.717, 1.165) is 50.4 Å². The molecule has 1 heterocycles. The first-order valence-corrected chi connectivity index (χ1v) is 11.2. The molecule has 0 radical (unpaired) electrons. The Morgan fingerprint density at radius 2 is 1.86 bits per heavy atom. The van der Waals surface area contributed by atoms with Gasteiger partial charge in [-0.05, 0) is 63.8 Å². The summed E-state index contributed by atoms with van der Waals surface area (Å²) in [4.78, 5) is 19.5. The third kappa shape index (κ3) is 8.05. The smallest absolute Gasteiger partial charge is 0.251 e. The molecule has 1 saturated heterocycles. The van der Waals surface area contributed by atoms with E-state index in [4.69, 9.17) is 4.99 Å². The zero-order valence-corrected chi connectivity index (χ0v) is 18.6. The van der Waals surface area contributed by atoms with Gasteiger partial charge >= 0.3 is 0 Å². The fourth-order valence-corrected chi connectivity index (χ4v) is 3.47. The number of piperidine rings is 1. The molecule has 1 aliphatic heterocycles. The number of rotatable bonds is 9. The summed E-state index contributed by atoms with van der Waals surface area (Å²) in [6, 6.07) is 8.41. The Balaban J connectivity index is 1.88. The van der Waals surface area contributed by atoms with Crippen LogP contribution in [0.25, 0.3) is 0 Å². The molecule has 0 aliphatic carbocycles. The Hall–Kier alpha value is -2.08. The second kappa shape index (κ2) is 12.5. The van der Waals surface area contributed by atoms with Gasteiger partial charge in [0.25, 0.3) is 5.91 Å². The Bertz CT molecular complexity index is 635. The number of hydrogen-bond donors (Lipinski definition) is 3. The second-order valence-corrected chi connectivity index (χ2v) is 7.94. The fourth-order valence-electron chi connectivity index (χ4n) is 3.47. The second-order valence-electron chi connectivity index (χ2n) is 7.94. The summed E-state index contributed by atoms with van der Waals surface area (Å²) >= 11 is 0. The van der Waals surface area contributed by atoms with Gasteiger partial charge in [-0.25, -0.2) is 4.99 Å². The monoisotopic (exact) mass is 401 g/mol. The Labute approximate surface area is 176 Å². The predicted molar refractivity (Wildman–Crippen MR) is 121 cm³/mol. The van der Waals surface area contributed by atoms with Crippen molar-refractivity contribution in [2.24, 2.45) is 4.99 Å². The number of benzene rings is 1. The Morgan fingerprint density at radius 1 is 1.17 bits per heavy atom. The molecule has 1 unspecified atom stereocenters. The predicted octanol–water partition coefficient (Wildman–Crippen LogP) is 3.14. The van der Waals surface area contributed by atoms with Crippen molar-refractivity contribution in [2.45, 2.75) is 72.0 Å². The standard InChI is InChI=1S/C23H39N5O/c1-5-14-28-15-12-21(13-16-28)27-23(24-7-3)25-17-19-8-10-20(11-9-19)22(29)26-18(4)6-2/h8-11,18,21H,5-7,12-17H2,1-4H3,(H,26,29)(H2,24,25,27). The summed E-state index contributed by atoms with van der Waals surface area (Å²) in [7, 11) is 0. The maximum absolute atomic E-state index is 12.2. The number of hydrogen-bond acceptors (Lipinski definition) is 3. The van der Waals surface area contributed by atoms with Crippen molar-refractivity contribution in [1.29, 1.82) is 0 Å². The van der Waals surface area contributed by atoms with E-state index in [1.165, 1.54) is 13.0 Å². The molecule has 29 heavy (non-hydrogen) atoms. The molecular formula is C23H39N5O. The van der Waals surface area contributed by atoms with Gasteiger partial charge in [-0.15, -0.1) is 0 Å². The van der Waals surface area contributed by atoms with Crippen molar-refractivity contribution in [3.05, 3.63) is 35.4 Å². The van der Waals surface area contributed by atoms with Crippen LogP contribution in [-0.2, 0) is 6.54 Å². The lowest BCUT2D eigenvalue weighted by molar-refractivity contribution is 0.0939. The minimum Gasteiger partial charge on any atom is -0.357 e. The molecule has 162 valence electrons. The highest BCUT2D eigenvalue weighted by molar-refractivity contribution is 5.94. The molecule has 1 aliphatic rings. The lowest BCUT2D eigenvalue weighted by atomic mass is 10.1. The quantitative estimate of drug-likeness (QED) is 0.439. The SMILES string of the molecule is CCCN1CCC(NC(=NCc2ccc(C(=O)NC(C)CC)cc2)NCC)CC1. The lowest BCUT2D eigenvalue weighted by Crippen LogP contribution is -2.48. The van der Waals surface area contributed by atoms with Gasteiger partial charge in [-0.2, -0.15) is 0 Å². The van der Waals surface area contributed by atoms with Gasteiger partial charge in [0, 0.05) is 37.3 Å². The first-order chi connectivity index (χ1) is 14.0. The molecule has 0 aromatic heterocycles. The number of carbonyl (C=O) groups excluding carboxylic acids is 1. The van der Waals surface area contributed by atoms with Crippen molar-refractivity contribution in [3.8, 4) is 0 Å². The summed E-state index contributed by atoms with van der Waals surface area (Å²) in [5.74, 6) is 0.860. The summed E-state index contributed by atoms with van der Waals surface area (Å²) in [6.45, 7) is 13.4. The van der Waals surface area contributed by atoms with E-state index in [2.05, 4.69) is 41.6 Å². The van der Waals surface area contributed by atoms with E-state index in [0.29, 0.717) is 18.2 Å². The number of likely N-dealkylation sites (tertiary alicyclic amines) is 1. The van der Waals surface area contributed by atoms with Gasteiger partial charge in [0.2, 0.25) is 0 Å². The van der Waals surface area contributed by atoms with Gasteiger partial charge < -0.3 is 20.9 Å². The molecular weight excluding hydrogens is 362 g/mol. The van der Waals surface area contributed by atoms with E-state index in [1.807, 2.05) is 31.2 Å². The molecule has 3 N–H and O–H groups in total. The summed E-state index contributed by atoms with van der Waals surface area (Å²) in [6.07, 6.45) is 4.46. The van der Waals surface area contributed by atoms with Crippen LogP contribution < -0.4 is 16.0 Å². The van der Waals surface area contributed by atoms with E-state index in [1.54, 1.807) is 0 Å². The van der Waals surface area contributed by atoms with Gasteiger partial charge in [0.05, 0.1) is 6.54 Å². The van der Waals surface area contributed by atoms with Gasteiger partial charge in [0.15, 0.2) is 5.96 Å². The van der Waals surface area contributed by atoms with Gasteiger partial charge in [-0.3, -0.25) is 4.79 Å². The fraction of sp³-hybridized carbons (Fsp3) is 0.652. The molecule has 0 saturated carbocycles. The van der Waals surface area contributed by atoms with Crippen LogP contribution in [0, 0.1) is 0 Å². The largest absolute Gasteiger partial charge is 0.357 e. The highest BCUT2D eigenvalue weighted by Gasteiger charge is 2.19. The Morgan fingerprint density at radius 3 is 2.45 bits per heavy atom. The minimum atomic E-state index is -0.0150. The van der Waals surface area contributed by atoms with Crippen LogP contribution in [0.15, 0.2) is 29.3 Å². The van der Waals surface area contributed by atoms with Crippen LogP contribution in [0.3, 0.4) is 0 Å². The zero-order chi connectivity index (χ0) is 21.1. The molecule has 1 aromatic carbocycles. The van der Waals surface area contributed by atoms with Gasteiger partial charge in [-0.1, -0.05) is 26.0 Å². The molecule has 0 spiro atoms. The van der Waals surface area contributed by atoms with E-state index in [9.17, 15) is 4.79 Å². The number of guanidine groups is 1. The molecule has 0 bridgehead atoms. The zero-order valence-electron chi connectivity index (χ0n) is 18.6. The van der Waals surface area contributed by atoms with Crippen molar-refractivity contribution < 1.29 is 4.79 Å². The van der Waals surface area contributed by atoms with Crippen LogP contribution in [0.2, 0.25) is 0 Å². The number of nitrogens with one attached hydrogen (secondary N) is 3. The van der Waals surface area contributed by atoms with E-state index >= 15 is 0 Å². The molecule has 1 aromatic rings. The third-order valence-corrected chi connectivity index (χ3v) is 5.44. The summed E-state index contributed by atoms with van der Waals surface area (Å²) in [5, 5.41) is 9.95. The van der Waals surface area contributed by atoms with Crippen LogP contribution in [0.1, 0.15) is 69.3 Å². The summed E-state index contributed by atoms with van der Waals surface area (Å²) in [5.41, 5.74) is 1.79. The van der Waals surface area contributed by atoms with E-state index < -0.39 is 0 Å². The van der Waals surface area contributed by atoms with Gasteiger partial charge in [0.1, 0.15) is 0 Å². The maximum Gasteiger partial charge on any atom is 0.251 e. The molecule has 6 nitrogen and oxygen atoms in total. The first-order valence-electron chi connectivity index (χ1n) is 11.2. The highest BCUT2D eigenvalue weighted by atomic mass is 16.1. The Kier molecular flexibility index (Phi) is 9.98. The average Bonchev–Trinajstić information content (AvgIpc) is 2.74. The van der Waals surface area contributed by atoms with E-state index in [-0.39, 0.29) is 11.9 Å². The third-order valence-electron chi connectivity index (χ3n) is 5.44. The van der Waals surface area contributed by atoms with Crippen LogP contribution in [0.4, 0.5) is 0 Å². The van der Waals surface area contributed by atoms with Crippen LogP contribution in [-0.4, -0.2) is 55.0 Å². The maximum atomic E-state index is 12.2. The summed E-state index contributed by atoms with van der Waals surface area (Å²) < 4.78 is 0. The van der Waals surface area contributed by atoms with Crippen molar-refractivity contribution >= 4 is 11.9 Å². The topological polar surface area (TPSA) is 68.8 Å². The van der Waals surface area contributed by atoms with Crippen LogP contribution >= 0.6 is 0 Å². The molecule has 1 atom stereocenters. The number of amides is 1. The van der Waals surface area contributed by atoms with Crippen molar-refractivity contribution in [1.82, 2.24) is 20.9 Å². The number of aliphatic imine (C=N–C) groups is 1. The molecule has 6 heteroatoms. The highest BCUT2D eigenvalue weighted by Crippen LogP contribution is 2.11. The first kappa shape index (κ1) is 23.2. The lowest BCUT2D eigenvalue weighted by Gasteiger charge is -2.32.